The molecule has 7 nitrogen and oxygen atoms in total. The molecule has 1 heterocycles. The Morgan fingerprint density at radius 2 is 1.45 bits per heavy atom. The fourth-order valence-electron chi connectivity index (χ4n) is 2.06. The van der Waals surface area contributed by atoms with E-state index in [9.17, 15) is 24.0 Å². The zero-order valence-corrected chi connectivity index (χ0v) is 12.8. The Labute approximate surface area is 132 Å². The minimum atomic E-state index is -0.974. The monoisotopic (exact) mass is 345 g/mol. The maximum absolute atomic E-state index is 12.1. The molecule has 116 valence electrons. The molecule has 0 N–H and O–H groups in total. The highest BCUT2D eigenvalue weighted by Crippen LogP contribution is 2.11. The molecule has 1 aliphatic heterocycles. The van der Waals surface area contributed by atoms with Crippen LogP contribution in [0.1, 0.15) is 13.3 Å². The third-order valence-corrected chi connectivity index (χ3v) is 3.88. The molecule has 9 heteroatoms. The van der Waals surface area contributed by atoms with Gasteiger partial charge in [-0.05, 0) is 6.92 Å². The maximum Gasteiger partial charge on any atom is 0.307 e. The number of aromatic nitrogens is 1. The summed E-state index contributed by atoms with van der Waals surface area (Å²) in [5.41, 5.74) is -3.88. The molecule has 0 bridgehead atoms. The Balaban J connectivity index is 2.70. The smallest absolute Gasteiger partial charge is 0.307 e. The first kappa shape index (κ1) is 16.4. The van der Waals surface area contributed by atoms with Crippen molar-refractivity contribution in [3.05, 3.63) is 61.6 Å². The fraction of sp³-hybridized carbons (Fsp3) is 0.308. The van der Waals surface area contributed by atoms with Crippen molar-refractivity contribution in [2.45, 2.75) is 19.9 Å². The largest absolute Gasteiger partial charge is 0.466 e. The standard InChI is InChI=1S/C13H9Cl2NO6/c1-2-22-5(17)3-4-16-12(20)6-7(13(16)21)11(19)9(15)8(14)10(6)18/h2-4H2,1H3. The minimum absolute atomic E-state index is 0.154. The van der Waals surface area contributed by atoms with E-state index in [1.54, 1.807) is 6.92 Å². The average molecular weight is 346 g/mol. The molecule has 0 aromatic carbocycles. The van der Waals surface area contributed by atoms with Gasteiger partial charge in [0, 0.05) is 6.54 Å². The van der Waals surface area contributed by atoms with Gasteiger partial charge in [0.15, 0.2) is 0 Å². The molecule has 0 amide bonds. The van der Waals surface area contributed by atoms with Crippen LogP contribution in [0, 0.1) is 10.4 Å². The van der Waals surface area contributed by atoms with E-state index in [4.69, 9.17) is 23.2 Å². The van der Waals surface area contributed by atoms with Gasteiger partial charge in [-0.1, -0.05) is 23.2 Å². The van der Waals surface area contributed by atoms with Crippen LogP contribution in [0.5, 0.6) is 0 Å². The first-order chi connectivity index (χ1) is 10.3. The van der Waals surface area contributed by atoms with Gasteiger partial charge in [-0.25, -0.2) is 0 Å². The number of esters is 1. The summed E-state index contributed by atoms with van der Waals surface area (Å²) < 4.78 is 5.32. The second-order valence-electron chi connectivity index (χ2n) is 4.35. The third kappa shape index (κ3) is 2.46. The lowest BCUT2D eigenvalue weighted by molar-refractivity contribution is -0.143. The number of hydrogen-bond acceptors (Lipinski definition) is 6. The van der Waals surface area contributed by atoms with Crippen LogP contribution in [0.2, 0.25) is 10.0 Å². The van der Waals surface area contributed by atoms with E-state index in [-0.39, 0.29) is 19.6 Å². The van der Waals surface area contributed by atoms with Gasteiger partial charge < -0.3 is 4.74 Å². The summed E-state index contributed by atoms with van der Waals surface area (Å²) in [5, 5.41) is -2.40. The molecule has 22 heavy (non-hydrogen) atoms. The zero-order chi connectivity index (χ0) is 16.6. The van der Waals surface area contributed by atoms with Crippen LogP contribution in [0.25, 0.3) is 0 Å². The van der Waals surface area contributed by atoms with Gasteiger partial charge >= 0.3 is 5.97 Å². The highest BCUT2D eigenvalue weighted by Gasteiger charge is 2.21. The van der Waals surface area contributed by atoms with Gasteiger partial charge in [-0.3, -0.25) is 28.5 Å². The van der Waals surface area contributed by atoms with Crippen LogP contribution in [-0.4, -0.2) is 17.1 Å². The molecule has 0 saturated carbocycles. The van der Waals surface area contributed by atoms with Gasteiger partial charge in [0.25, 0.3) is 11.1 Å². The zero-order valence-electron chi connectivity index (χ0n) is 11.3. The molecule has 2 rings (SSSR count). The third-order valence-electron chi connectivity index (χ3n) is 3.06. The molecule has 0 aromatic rings. The number of nitrogens with zero attached hydrogens (tertiary/aromatic N) is 1. The Kier molecular flexibility index (Phi) is 4.48. The van der Waals surface area contributed by atoms with Crippen molar-refractivity contribution in [2.75, 3.05) is 6.61 Å². The van der Waals surface area contributed by atoms with Gasteiger partial charge in [-0.15, -0.1) is 0 Å². The highest BCUT2D eigenvalue weighted by molar-refractivity contribution is 6.41. The molecule has 0 saturated heterocycles. The summed E-state index contributed by atoms with van der Waals surface area (Å²) in [6.07, 6.45) is -0.247. The normalized spacial score (nSPS) is 11.0. The predicted octanol–water partition coefficient (Wildman–Crippen LogP) is -0.211. The summed E-state index contributed by atoms with van der Waals surface area (Å²) in [5.74, 6) is -0.611. The van der Waals surface area contributed by atoms with Crippen molar-refractivity contribution in [1.82, 2.24) is 4.57 Å². The molecule has 0 atom stereocenters. The van der Waals surface area contributed by atoms with Crippen LogP contribution >= 0.6 is 23.2 Å². The lowest BCUT2D eigenvalue weighted by Gasteiger charge is -2.01. The molecule has 0 spiro atoms. The van der Waals surface area contributed by atoms with Crippen LogP contribution < -0.4 is 22.0 Å². The summed E-state index contributed by atoms with van der Waals surface area (Å²) >= 11 is 11.2. The van der Waals surface area contributed by atoms with E-state index in [1.165, 1.54) is 0 Å². The fourth-order valence-corrected chi connectivity index (χ4v) is 2.42. The molecule has 0 aromatic heterocycles. The Bertz CT molecular complexity index is 945. The second kappa shape index (κ2) is 6.02. The van der Waals surface area contributed by atoms with E-state index >= 15 is 0 Å². The first-order valence-corrected chi connectivity index (χ1v) is 6.97. The number of ether oxygens (including phenoxy) is 1. The van der Waals surface area contributed by atoms with Crippen molar-refractivity contribution in [1.29, 1.82) is 0 Å². The summed E-state index contributed by atoms with van der Waals surface area (Å²) in [4.78, 5) is 59.4. The lowest BCUT2D eigenvalue weighted by atomic mass is 10.2. The van der Waals surface area contributed by atoms with Gasteiger partial charge in [0.2, 0.25) is 10.9 Å². The molecule has 1 aliphatic carbocycles. The Hall–Kier alpha value is -1.99. The molecule has 0 fully saturated rings. The van der Waals surface area contributed by atoms with E-state index in [2.05, 4.69) is 4.74 Å². The van der Waals surface area contributed by atoms with E-state index in [0.29, 0.717) is 4.57 Å². The quantitative estimate of drug-likeness (QED) is 0.711. The number of carbonyl (C=O) groups excluding carboxylic acids is 1. The van der Waals surface area contributed by atoms with Crippen molar-refractivity contribution in [3.63, 3.8) is 0 Å². The molecular formula is C13H9Cl2NO6. The molecule has 0 unspecified atom stereocenters. The van der Waals surface area contributed by atoms with E-state index in [1.807, 2.05) is 0 Å². The van der Waals surface area contributed by atoms with Crippen LogP contribution in [0.3, 0.4) is 0 Å². The number of halogens is 2. The summed E-state index contributed by atoms with van der Waals surface area (Å²) in [7, 11) is 0. The summed E-state index contributed by atoms with van der Waals surface area (Å²) in [6.45, 7) is 1.46. The van der Waals surface area contributed by atoms with Crippen molar-refractivity contribution in [2.24, 2.45) is 0 Å². The van der Waals surface area contributed by atoms with E-state index < -0.39 is 48.4 Å². The maximum atomic E-state index is 12.1. The Morgan fingerprint density at radius 3 is 1.86 bits per heavy atom. The average Bonchev–Trinajstić information content (AvgIpc) is 2.72. The molecule has 2 aliphatic rings. The SMILES string of the molecule is CCOC(=O)CCn1c(=O)c2c(=O)c(Cl)c(Cl)c(=O)c=2c1=O. The Morgan fingerprint density at radius 1 is 1.00 bits per heavy atom. The first-order valence-electron chi connectivity index (χ1n) is 6.22. The van der Waals surface area contributed by atoms with Crippen LogP contribution in [0.15, 0.2) is 19.2 Å². The number of rotatable bonds is 4. The highest BCUT2D eigenvalue weighted by atomic mass is 35.5. The van der Waals surface area contributed by atoms with E-state index in [0.717, 1.165) is 0 Å². The van der Waals surface area contributed by atoms with Gasteiger partial charge in [-0.2, -0.15) is 0 Å². The number of hydrogen-bond donors (Lipinski definition) is 0. The second-order valence-corrected chi connectivity index (χ2v) is 5.11. The topological polar surface area (TPSA) is 99.5 Å². The van der Waals surface area contributed by atoms with Gasteiger partial charge in [0.1, 0.15) is 20.5 Å². The minimum Gasteiger partial charge on any atom is -0.466 e. The predicted molar refractivity (Wildman–Crippen MR) is 78.5 cm³/mol. The van der Waals surface area contributed by atoms with Crippen LogP contribution in [0.4, 0.5) is 0 Å². The molecular weight excluding hydrogens is 337 g/mol. The van der Waals surface area contributed by atoms with Gasteiger partial charge in [0.05, 0.1) is 13.0 Å². The van der Waals surface area contributed by atoms with Crippen LogP contribution in [-0.2, 0) is 16.1 Å². The van der Waals surface area contributed by atoms with Crippen molar-refractivity contribution in [3.8, 4) is 0 Å². The lowest BCUT2D eigenvalue weighted by Crippen LogP contribution is -2.29. The number of carbonyl (C=O) groups is 1. The van der Waals surface area contributed by atoms with Crippen molar-refractivity contribution >= 4 is 29.2 Å². The summed E-state index contributed by atoms with van der Waals surface area (Å²) in [6, 6.07) is 0. The molecule has 0 radical (unpaired) electrons. The van der Waals surface area contributed by atoms with Crippen molar-refractivity contribution < 1.29 is 9.53 Å².